The van der Waals surface area contributed by atoms with Crippen molar-refractivity contribution < 1.29 is 13.9 Å². The van der Waals surface area contributed by atoms with E-state index in [1.54, 1.807) is 0 Å². The van der Waals surface area contributed by atoms with Crippen molar-refractivity contribution in [3.05, 3.63) is 17.3 Å². The highest BCUT2D eigenvalue weighted by Crippen LogP contribution is 2.11. The van der Waals surface area contributed by atoms with Crippen LogP contribution < -0.4 is 10.6 Å². The topological polar surface area (TPSA) is 76.1 Å². The first kappa shape index (κ1) is 13.6. The van der Waals surface area contributed by atoms with Crippen molar-refractivity contribution >= 4 is 23.3 Å². The Morgan fingerprint density at radius 1 is 1.65 bits per heavy atom. The molecule has 0 saturated carbocycles. The van der Waals surface area contributed by atoms with Crippen molar-refractivity contribution in [1.29, 1.82) is 0 Å². The maximum absolute atomic E-state index is 13.1. The van der Waals surface area contributed by atoms with Crippen molar-refractivity contribution in [1.82, 2.24) is 15.3 Å². The first-order valence-corrected chi connectivity index (χ1v) is 5.19. The van der Waals surface area contributed by atoms with Gasteiger partial charge < -0.3 is 15.4 Å². The van der Waals surface area contributed by atoms with Crippen molar-refractivity contribution in [2.24, 2.45) is 0 Å². The Labute approximate surface area is 103 Å². The quantitative estimate of drug-likeness (QED) is 0.575. The number of carbonyl (C=O) groups excluding carboxylic acids is 1. The maximum atomic E-state index is 13.1. The van der Waals surface area contributed by atoms with Crippen LogP contribution in [-0.2, 0) is 9.53 Å². The van der Waals surface area contributed by atoms with Gasteiger partial charge in [0.15, 0.2) is 11.6 Å². The lowest BCUT2D eigenvalue weighted by Crippen LogP contribution is -2.32. The van der Waals surface area contributed by atoms with Crippen LogP contribution in [0.5, 0.6) is 0 Å². The van der Waals surface area contributed by atoms with Gasteiger partial charge in [-0.15, -0.1) is 0 Å². The number of methoxy groups -OCH3 is 1. The Morgan fingerprint density at radius 3 is 3.12 bits per heavy atom. The van der Waals surface area contributed by atoms with Crippen LogP contribution in [0.4, 0.5) is 10.2 Å². The van der Waals surface area contributed by atoms with Crippen LogP contribution in [0.1, 0.15) is 0 Å². The fourth-order valence-electron chi connectivity index (χ4n) is 0.989. The molecule has 0 bridgehead atoms. The highest BCUT2D eigenvalue weighted by Gasteiger charge is 2.07. The number of hydrogen-bond acceptors (Lipinski definition) is 5. The van der Waals surface area contributed by atoms with E-state index in [0.29, 0.717) is 13.2 Å². The van der Waals surface area contributed by atoms with Crippen LogP contribution in [-0.4, -0.2) is 42.7 Å². The van der Waals surface area contributed by atoms with Crippen LogP contribution >= 0.6 is 11.6 Å². The number of nitrogens with zero attached hydrogens (tertiary/aromatic N) is 2. The van der Waals surface area contributed by atoms with Gasteiger partial charge in [-0.25, -0.2) is 9.37 Å². The lowest BCUT2D eigenvalue weighted by Gasteiger charge is -2.07. The van der Waals surface area contributed by atoms with Gasteiger partial charge in [-0.1, -0.05) is 0 Å². The Morgan fingerprint density at radius 2 is 2.41 bits per heavy atom. The largest absolute Gasteiger partial charge is 0.383 e. The van der Waals surface area contributed by atoms with Gasteiger partial charge in [0.25, 0.3) is 0 Å². The monoisotopic (exact) mass is 262 g/mol. The molecule has 1 aromatic rings. The van der Waals surface area contributed by atoms with Gasteiger partial charge in [-0.05, 0) is 11.6 Å². The van der Waals surface area contributed by atoms with E-state index in [-0.39, 0.29) is 23.6 Å². The standard InChI is InChI=1S/C9H12ClFN4O2/c1-17-3-2-12-7(16)5-13-8-6(11)4-14-9(10)15-8/h4H,2-3,5H2,1H3,(H,12,16)(H,13,14,15). The third-order valence-electron chi connectivity index (χ3n) is 1.76. The fraction of sp³-hybridized carbons (Fsp3) is 0.444. The third kappa shape index (κ3) is 4.92. The molecule has 8 heteroatoms. The van der Waals surface area contributed by atoms with Gasteiger partial charge in [0.1, 0.15) is 0 Å². The summed E-state index contributed by atoms with van der Waals surface area (Å²) in [6.45, 7) is 0.706. The van der Waals surface area contributed by atoms with Crippen molar-refractivity contribution in [3.8, 4) is 0 Å². The molecule has 0 aliphatic rings. The average Bonchev–Trinajstić information content (AvgIpc) is 2.31. The van der Waals surface area contributed by atoms with Gasteiger partial charge in [0.05, 0.1) is 19.3 Å². The minimum atomic E-state index is -0.668. The van der Waals surface area contributed by atoms with Gasteiger partial charge >= 0.3 is 0 Å². The van der Waals surface area contributed by atoms with Crippen molar-refractivity contribution in [3.63, 3.8) is 0 Å². The second kappa shape index (κ2) is 6.97. The number of carbonyl (C=O) groups is 1. The van der Waals surface area contributed by atoms with E-state index in [1.807, 2.05) is 0 Å². The number of aromatic nitrogens is 2. The summed E-state index contributed by atoms with van der Waals surface area (Å²) in [7, 11) is 1.53. The van der Waals surface area contributed by atoms with E-state index in [0.717, 1.165) is 6.20 Å². The van der Waals surface area contributed by atoms with Crippen molar-refractivity contribution in [2.75, 3.05) is 32.1 Å². The first-order valence-electron chi connectivity index (χ1n) is 4.81. The smallest absolute Gasteiger partial charge is 0.239 e. The number of amides is 1. The molecular weight excluding hydrogens is 251 g/mol. The minimum Gasteiger partial charge on any atom is -0.383 e. The molecule has 0 aliphatic heterocycles. The molecule has 1 heterocycles. The van der Waals surface area contributed by atoms with Gasteiger partial charge in [-0.3, -0.25) is 4.79 Å². The molecule has 17 heavy (non-hydrogen) atoms. The molecule has 0 spiro atoms. The van der Waals surface area contributed by atoms with Crippen LogP contribution in [0.25, 0.3) is 0 Å². The zero-order chi connectivity index (χ0) is 12.7. The van der Waals surface area contributed by atoms with E-state index in [1.165, 1.54) is 7.11 Å². The highest BCUT2D eigenvalue weighted by atomic mass is 35.5. The summed E-state index contributed by atoms with van der Waals surface area (Å²) in [6.07, 6.45) is 0.931. The normalized spacial score (nSPS) is 10.1. The third-order valence-corrected chi connectivity index (χ3v) is 1.94. The van der Waals surface area contributed by atoms with Gasteiger partial charge in [-0.2, -0.15) is 4.98 Å². The van der Waals surface area contributed by atoms with E-state index < -0.39 is 5.82 Å². The predicted octanol–water partition coefficient (Wildman–Crippen LogP) is 0.444. The zero-order valence-corrected chi connectivity index (χ0v) is 9.92. The number of anilines is 1. The van der Waals surface area contributed by atoms with E-state index >= 15 is 0 Å². The maximum Gasteiger partial charge on any atom is 0.239 e. The molecule has 0 saturated heterocycles. The van der Waals surface area contributed by atoms with E-state index in [2.05, 4.69) is 20.6 Å². The summed E-state index contributed by atoms with van der Waals surface area (Å²) in [5.74, 6) is -1.07. The molecule has 2 N–H and O–H groups in total. The second-order valence-corrected chi connectivity index (χ2v) is 3.37. The van der Waals surface area contributed by atoms with Gasteiger partial charge in [0, 0.05) is 13.7 Å². The SMILES string of the molecule is COCCNC(=O)CNc1nc(Cl)ncc1F. The van der Waals surface area contributed by atoms with Crippen LogP contribution in [0.3, 0.4) is 0 Å². The molecule has 1 aromatic heterocycles. The molecule has 0 radical (unpaired) electrons. The summed E-state index contributed by atoms with van der Waals surface area (Å²) in [5, 5.41) is 4.99. The Bertz CT molecular complexity index is 391. The Hall–Kier alpha value is -1.47. The number of halogens is 2. The lowest BCUT2D eigenvalue weighted by atomic mass is 10.5. The highest BCUT2D eigenvalue weighted by molar-refractivity contribution is 6.28. The number of rotatable bonds is 6. The fourth-order valence-corrected chi connectivity index (χ4v) is 1.12. The van der Waals surface area contributed by atoms with Crippen molar-refractivity contribution in [2.45, 2.75) is 0 Å². The molecule has 94 valence electrons. The first-order chi connectivity index (χ1) is 8.13. The molecule has 0 aliphatic carbocycles. The van der Waals surface area contributed by atoms with Crippen LogP contribution in [0, 0.1) is 5.82 Å². The Balaban J connectivity index is 2.39. The average molecular weight is 263 g/mol. The molecule has 1 amide bonds. The van der Waals surface area contributed by atoms with Gasteiger partial charge in [0.2, 0.25) is 11.2 Å². The van der Waals surface area contributed by atoms with E-state index in [9.17, 15) is 9.18 Å². The molecule has 0 aromatic carbocycles. The second-order valence-electron chi connectivity index (χ2n) is 3.03. The predicted molar refractivity (Wildman–Crippen MR) is 60.4 cm³/mol. The summed E-state index contributed by atoms with van der Waals surface area (Å²) in [6, 6.07) is 0. The molecule has 1 rings (SSSR count). The molecule has 0 fully saturated rings. The minimum absolute atomic E-state index is 0.0892. The molecule has 0 atom stereocenters. The number of nitrogens with one attached hydrogen (secondary N) is 2. The zero-order valence-electron chi connectivity index (χ0n) is 9.17. The van der Waals surface area contributed by atoms with Crippen LogP contribution in [0.2, 0.25) is 5.28 Å². The summed E-state index contributed by atoms with van der Waals surface area (Å²) in [5.41, 5.74) is 0. The molecule has 6 nitrogen and oxygen atoms in total. The van der Waals surface area contributed by atoms with E-state index in [4.69, 9.17) is 16.3 Å². The summed E-state index contributed by atoms with van der Waals surface area (Å²) >= 11 is 5.49. The van der Waals surface area contributed by atoms with Crippen LogP contribution in [0.15, 0.2) is 6.20 Å². The number of hydrogen-bond donors (Lipinski definition) is 2. The summed E-state index contributed by atoms with van der Waals surface area (Å²) < 4.78 is 17.9. The molecule has 0 unspecified atom stereocenters. The lowest BCUT2D eigenvalue weighted by molar-refractivity contribution is -0.119. The summed E-state index contributed by atoms with van der Waals surface area (Å²) in [4.78, 5) is 18.3. The Kier molecular flexibility index (Phi) is 5.58. The number of ether oxygens (including phenoxy) is 1. The molecular formula is C9H12ClFN4O2.